The van der Waals surface area contributed by atoms with Crippen molar-refractivity contribution in [2.24, 2.45) is 5.10 Å². The summed E-state index contributed by atoms with van der Waals surface area (Å²) in [6, 6.07) is 14.7. The number of aldehydes is 1. The quantitative estimate of drug-likeness (QED) is 0.532. The fourth-order valence-corrected chi connectivity index (χ4v) is 2.26. The summed E-state index contributed by atoms with van der Waals surface area (Å²) in [5.74, 6) is -1.52. The average Bonchev–Trinajstić information content (AvgIpc) is 2.61. The number of ketones is 1. The van der Waals surface area contributed by atoms with Crippen LogP contribution >= 0.6 is 0 Å². The largest absolute Gasteiger partial charge is 0.507 e. The zero-order valence-electron chi connectivity index (χ0n) is 12.4. The molecule has 0 unspecified atom stereocenters. The van der Waals surface area contributed by atoms with Gasteiger partial charge in [-0.1, -0.05) is 36.4 Å². The number of anilines is 1. The van der Waals surface area contributed by atoms with Crippen LogP contribution in [0.1, 0.15) is 5.56 Å². The summed E-state index contributed by atoms with van der Waals surface area (Å²) in [5, 5.41) is 14.7. The maximum atomic E-state index is 12.6. The molecule has 1 amide bonds. The number of benzene rings is 2. The van der Waals surface area contributed by atoms with Crippen LogP contribution in [-0.4, -0.2) is 28.8 Å². The van der Waals surface area contributed by atoms with Crippen LogP contribution in [0.4, 0.5) is 5.69 Å². The Morgan fingerprint density at radius 1 is 0.958 bits per heavy atom. The molecule has 1 heterocycles. The molecule has 3 rings (SSSR count). The fraction of sp³-hybridized carbons (Fsp3) is 0. The van der Waals surface area contributed by atoms with Gasteiger partial charge in [0.15, 0.2) is 12.0 Å². The minimum atomic E-state index is -0.773. The lowest BCUT2D eigenvalue weighted by Crippen LogP contribution is -2.40. The second kappa shape index (κ2) is 6.29. The lowest BCUT2D eigenvalue weighted by molar-refractivity contribution is -0.119. The number of Topliss-reactive ketones (excluding diaryl/α,β-unsaturated/α-hetero) is 1. The SMILES string of the molecule is O=CC1=NN(c2ccccc2)C(=O)/C(=C/c2ccccc2O)C1=O. The molecule has 6 nitrogen and oxygen atoms in total. The summed E-state index contributed by atoms with van der Waals surface area (Å²) >= 11 is 0. The molecule has 2 aromatic rings. The van der Waals surface area contributed by atoms with E-state index in [1.54, 1.807) is 48.5 Å². The van der Waals surface area contributed by atoms with E-state index < -0.39 is 11.7 Å². The van der Waals surface area contributed by atoms with Gasteiger partial charge in [-0.05, 0) is 24.3 Å². The number of carbonyl (C=O) groups excluding carboxylic acids is 3. The third-order valence-corrected chi connectivity index (χ3v) is 3.46. The highest BCUT2D eigenvalue weighted by Gasteiger charge is 2.33. The number of phenolic OH excluding ortho intramolecular Hbond substituents is 1. The minimum Gasteiger partial charge on any atom is -0.507 e. The van der Waals surface area contributed by atoms with Crippen molar-refractivity contribution in [2.45, 2.75) is 0 Å². The van der Waals surface area contributed by atoms with Gasteiger partial charge >= 0.3 is 0 Å². The van der Waals surface area contributed by atoms with Gasteiger partial charge in [-0.2, -0.15) is 10.1 Å². The lowest BCUT2D eigenvalue weighted by Gasteiger charge is -2.22. The molecule has 0 fully saturated rings. The first kappa shape index (κ1) is 15.4. The molecule has 0 aliphatic carbocycles. The third kappa shape index (κ3) is 2.72. The molecule has 0 saturated heterocycles. The minimum absolute atomic E-state index is 0.0768. The van der Waals surface area contributed by atoms with E-state index in [1.165, 1.54) is 12.1 Å². The van der Waals surface area contributed by atoms with E-state index in [-0.39, 0.29) is 17.0 Å². The maximum Gasteiger partial charge on any atom is 0.282 e. The fourth-order valence-electron chi connectivity index (χ4n) is 2.26. The van der Waals surface area contributed by atoms with E-state index in [9.17, 15) is 19.5 Å². The van der Waals surface area contributed by atoms with Gasteiger partial charge in [-0.15, -0.1) is 0 Å². The van der Waals surface area contributed by atoms with E-state index in [1.807, 2.05) is 0 Å². The van der Waals surface area contributed by atoms with Crippen molar-refractivity contribution in [3.8, 4) is 5.75 Å². The number of para-hydroxylation sites is 2. The summed E-state index contributed by atoms with van der Waals surface area (Å²) in [6.45, 7) is 0. The van der Waals surface area contributed by atoms with Crippen LogP contribution in [0.15, 0.2) is 65.3 Å². The molecule has 1 N–H and O–H groups in total. The molecule has 0 saturated carbocycles. The Morgan fingerprint density at radius 3 is 2.29 bits per heavy atom. The number of hydrogen-bond acceptors (Lipinski definition) is 5. The Balaban J connectivity index is 2.12. The summed E-state index contributed by atoms with van der Waals surface area (Å²) in [7, 11) is 0. The second-order valence-electron chi connectivity index (χ2n) is 5.00. The number of nitrogens with zero attached hydrogens (tertiary/aromatic N) is 2. The number of carbonyl (C=O) groups is 3. The molecule has 0 bridgehead atoms. The van der Waals surface area contributed by atoms with Crippen molar-refractivity contribution in [1.82, 2.24) is 0 Å². The summed E-state index contributed by atoms with van der Waals surface area (Å²) in [5.41, 5.74) is 0.115. The van der Waals surface area contributed by atoms with Gasteiger partial charge in [-0.3, -0.25) is 14.4 Å². The van der Waals surface area contributed by atoms with E-state index >= 15 is 0 Å². The summed E-state index contributed by atoms with van der Waals surface area (Å²) in [4.78, 5) is 36.1. The molecular formula is C18H12N2O4. The van der Waals surface area contributed by atoms with Crippen molar-refractivity contribution in [2.75, 3.05) is 5.01 Å². The van der Waals surface area contributed by atoms with Crippen LogP contribution in [0.3, 0.4) is 0 Å². The van der Waals surface area contributed by atoms with Crippen LogP contribution in [0.25, 0.3) is 6.08 Å². The van der Waals surface area contributed by atoms with Crippen molar-refractivity contribution < 1.29 is 19.5 Å². The first-order valence-corrected chi connectivity index (χ1v) is 7.09. The standard InChI is InChI=1S/C18H12N2O4/c21-11-15-17(23)14(10-12-6-4-5-9-16(12)22)18(24)20(19-15)13-7-2-1-3-8-13/h1-11,22H/b14-10+. The number of hydrazone groups is 1. The first-order chi connectivity index (χ1) is 11.6. The molecule has 0 atom stereocenters. The predicted octanol–water partition coefficient (Wildman–Crippen LogP) is 1.95. The number of rotatable bonds is 3. The lowest BCUT2D eigenvalue weighted by atomic mass is 10.0. The van der Waals surface area contributed by atoms with E-state index in [2.05, 4.69) is 5.10 Å². The molecule has 24 heavy (non-hydrogen) atoms. The topological polar surface area (TPSA) is 87.0 Å². The van der Waals surface area contributed by atoms with Crippen molar-refractivity contribution in [1.29, 1.82) is 0 Å². The Kier molecular flexibility index (Phi) is 4.03. The predicted molar refractivity (Wildman–Crippen MR) is 88.5 cm³/mol. The molecule has 0 spiro atoms. The van der Waals surface area contributed by atoms with Crippen LogP contribution in [0.5, 0.6) is 5.75 Å². The van der Waals surface area contributed by atoms with Crippen molar-refractivity contribution in [3.63, 3.8) is 0 Å². The maximum absolute atomic E-state index is 12.6. The third-order valence-electron chi connectivity index (χ3n) is 3.46. The van der Waals surface area contributed by atoms with E-state index in [4.69, 9.17) is 0 Å². The molecule has 0 aromatic heterocycles. The van der Waals surface area contributed by atoms with Crippen molar-refractivity contribution >= 4 is 35.5 Å². The van der Waals surface area contributed by atoms with Crippen LogP contribution < -0.4 is 5.01 Å². The molecule has 6 heteroatoms. The Labute approximate surface area is 137 Å². The Bertz CT molecular complexity index is 885. The average molecular weight is 320 g/mol. The van der Waals surface area contributed by atoms with Gasteiger partial charge in [0.05, 0.1) is 11.3 Å². The number of amides is 1. The van der Waals surface area contributed by atoms with Crippen LogP contribution in [0.2, 0.25) is 0 Å². The zero-order chi connectivity index (χ0) is 17.1. The summed E-state index contributed by atoms with van der Waals surface area (Å²) in [6.07, 6.45) is 1.57. The van der Waals surface area contributed by atoms with Crippen molar-refractivity contribution in [3.05, 3.63) is 65.7 Å². The Hall–Kier alpha value is -3.54. The number of aromatic hydroxyl groups is 1. The Morgan fingerprint density at radius 2 is 1.62 bits per heavy atom. The highest BCUT2D eigenvalue weighted by atomic mass is 16.3. The van der Waals surface area contributed by atoms with Gasteiger partial charge in [0.2, 0.25) is 5.78 Å². The van der Waals surface area contributed by atoms with Gasteiger partial charge in [0.1, 0.15) is 5.75 Å². The van der Waals surface area contributed by atoms with Gasteiger partial charge < -0.3 is 5.11 Å². The smallest absolute Gasteiger partial charge is 0.282 e. The number of hydrogen-bond donors (Lipinski definition) is 1. The number of phenols is 1. The molecule has 0 radical (unpaired) electrons. The van der Waals surface area contributed by atoms with Gasteiger partial charge in [-0.25, -0.2) is 0 Å². The molecule has 1 aliphatic heterocycles. The highest BCUT2D eigenvalue weighted by molar-refractivity contribution is 6.68. The molecule has 118 valence electrons. The van der Waals surface area contributed by atoms with E-state index in [0.717, 1.165) is 5.01 Å². The first-order valence-electron chi connectivity index (χ1n) is 7.09. The monoisotopic (exact) mass is 320 g/mol. The normalized spacial score (nSPS) is 16.2. The molecule has 2 aromatic carbocycles. The molecule has 1 aliphatic rings. The molecular weight excluding hydrogens is 308 g/mol. The van der Waals surface area contributed by atoms with Gasteiger partial charge in [0.25, 0.3) is 5.91 Å². The second-order valence-corrected chi connectivity index (χ2v) is 5.00. The van der Waals surface area contributed by atoms with E-state index in [0.29, 0.717) is 17.5 Å². The summed E-state index contributed by atoms with van der Waals surface area (Å²) < 4.78 is 0. The van der Waals surface area contributed by atoms with Crippen LogP contribution in [-0.2, 0) is 14.4 Å². The zero-order valence-corrected chi connectivity index (χ0v) is 12.4. The van der Waals surface area contributed by atoms with Gasteiger partial charge in [0, 0.05) is 5.56 Å². The van der Waals surface area contributed by atoms with Crippen LogP contribution in [0, 0.1) is 0 Å². The highest BCUT2D eigenvalue weighted by Crippen LogP contribution is 2.25.